The molecule has 2 aromatic rings. The number of nitrogens with zero attached hydrogens (tertiary/aromatic N) is 2. The van der Waals surface area contributed by atoms with Crippen molar-refractivity contribution in [3.05, 3.63) is 60.9 Å². The first-order chi connectivity index (χ1) is 12.2. The van der Waals surface area contributed by atoms with E-state index in [0.717, 1.165) is 36.0 Å². The van der Waals surface area contributed by atoms with Gasteiger partial charge in [0.15, 0.2) is 8.93 Å². The van der Waals surface area contributed by atoms with E-state index in [0.29, 0.717) is 9.53 Å². The fourth-order valence-corrected chi connectivity index (χ4v) is 4.31. The van der Waals surface area contributed by atoms with Crippen molar-refractivity contribution >= 4 is 67.2 Å². The maximum atomic E-state index is 12.3. The van der Waals surface area contributed by atoms with Gasteiger partial charge in [-0.3, -0.25) is 20.2 Å². The van der Waals surface area contributed by atoms with Crippen LogP contribution in [0.3, 0.4) is 0 Å². The molecule has 0 radical (unpaired) electrons. The highest BCUT2D eigenvalue weighted by molar-refractivity contribution is 14.1. The van der Waals surface area contributed by atoms with E-state index in [1.54, 1.807) is 12.1 Å². The molecule has 3 rings (SSSR count). The molecule has 1 aromatic carbocycles. The smallest absolute Gasteiger partial charge is 0.284 e. The number of thioether (sulfide) groups is 1. The van der Waals surface area contributed by atoms with Gasteiger partial charge in [-0.05, 0) is 58.6 Å². The summed E-state index contributed by atoms with van der Waals surface area (Å²) >= 11 is 2.83. The van der Waals surface area contributed by atoms with Gasteiger partial charge in [0.1, 0.15) is 5.76 Å². The number of rotatable bonds is 4. The Kier molecular flexibility index (Phi) is 5.15. The first kappa shape index (κ1) is 18.6. The maximum absolute atomic E-state index is 12.3. The lowest BCUT2D eigenvalue weighted by Gasteiger charge is -1.99. The number of nitro groups is 1. The fraction of sp³-hybridized carbons (Fsp3) is 0. The molecule has 1 amide bonds. The van der Waals surface area contributed by atoms with Crippen LogP contribution in [0.1, 0.15) is 5.76 Å². The molecule has 9 nitrogen and oxygen atoms in total. The number of halogens is 1. The lowest BCUT2D eigenvalue weighted by atomic mass is 10.3. The van der Waals surface area contributed by atoms with Crippen LogP contribution >= 0.6 is 34.4 Å². The van der Waals surface area contributed by atoms with Gasteiger partial charge in [0, 0.05) is 18.2 Å². The van der Waals surface area contributed by atoms with Crippen LogP contribution in [0.15, 0.2) is 55.0 Å². The van der Waals surface area contributed by atoms with E-state index < -0.39 is 20.9 Å². The minimum absolute atomic E-state index is 0.110. The number of nitro benzene ring substituents is 1. The van der Waals surface area contributed by atoms with E-state index in [9.17, 15) is 23.3 Å². The number of amides is 1. The summed E-state index contributed by atoms with van der Waals surface area (Å²) in [6.45, 7) is 0. The Morgan fingerprint density at radius 3 is 2.50 bits per heavy atom. The molecule has 0 spiro atoms. The van der Waals surface area contributed by atoms with Gasteiger partial charge in [-0.25, -0.2) is 0 Å². The molecule has 1 aliphatic rings. The van der Waals surface area contributed by atoms with Crippen molar-refractivity contribution in [2.24, 2.45) is 4.40 Å². The third-order valence-corrected chi connectivity index (χ3v) is 5.96. The summed E-state index contributed by atoms with van der Waals surface area (Å²) in [5.74, 6) is -0.0504. The van der Waals surface area contributed by atoms with E-state index in [2.05, 4.69) is 9.71 Å². The van der Waals surface area contributed by atoms with Crippen LogP contribution in [0.25, 0.3) is 6.08 Å². The van der Waals surface area contributed by atoms with Gasteiger partial charge in [-0.1, -0.05) is 0 Å². The first-order valence-electron chi connectivity index (χ1n) is 6.80. The lowest BCUT2D eigenvalue weighted by Crippen LogP contribution is -2.20. The Morgan fingerprint density at radius 2 is 1.92 bits per heavy atom. The highest BCUT2D eigenvalue weighted by Crippen LogP contribution is 2.28. The number of carbonyl (C=O) groups excluding carboxylic acids is 1. The van der Waals surface area contributed by atoms with Crippen molar-refractivity contribution in [2.75, 3.05) is 0 Å². The van der Waals surface area contributed by atoms with Crippen molar-refractivity contribution in [3.8, 4) is 0 Å². The van der Waals surface area contributed by atoms with Crippen molar-refractivity contribution < 1.29 is 22.6 Å². The average molecular weight is 505 g/mol. The molecule has 1 aliphatic heterocycles. The van der Waals surface area contributed by atoms with Gasteiger partial charge in [-0.15, -0.1) is 4.40 Å². The zero-order chi connectivity index (χ0) is 18.9. The summed E-state index contributed by atoms with van der Waals surface area (Å²) in [7, 11) is -4.12. The number of hydrogen-bond acceptors (Lipinski definition) is 7. The summed E-state index contributed by atoms with van der Waals surface area (Å²) in [5, 5.41) is 12.9. The van der Waals surface area contributed by atoms with E-state index >= 15 is 0 Å². The predicted octanol–water partition coefficient (Wildman–Crippen LogP) is 2.74. The van der Waals surface area contributed by atoms with Crippen molar-refractivity contribution in [1.82, 2.24) is 5.32 Å². The Morgan fingerprint density at radius 1 is 1.23 bits per heavy atom. The summed E-state index contributed by atoms with van der Waals surface area (Å²) in [5.41, 5.74) is -0.238. The topological polar surface area (TPSA) is 132 Å². The van der Waals surface area contributed by atoms with Gasteiger partial charge < -0.3 is 4.42 Å². The molecular formula is C14H8IN3O6S2. The van der Waals surface area contributed by atoms with E-state index in [4.69, 9.17) is 4.42 Å². The Labute approximate surface area is 164 Å². The summed E-state index contributed by atoms with van der Waals surface area (Å²) in [6, 6.07) is 7.69. The number of sulfonamides is 1. The minimum atomic E-state index is -4.12. The zero-order valence-corrected chi connectivity index (χ0v) is 16.4. The SMILES string of the molecule is O=C1N/C(=N/S(=O)(=O)c2ccc([N+](=O)[O-])cc2)SC1=Cc1ccc(I)o1. The second kappa shape index (κ2) is 7.20. The van der Waals surface area contributed by atoms with E-state index in [1.165, 1.54) is 6.08 Å². The molecule has 0 bridgehead atoms. The third-order valence-electron chi connectivity index (χ3n) is 3.07. The van der Waals surface area contributed by atoms with Crippen LogP contribution in [-0.4, -0.2) is 24.4 Å². The monoisotopic (exact) mass is 505 g/mol. The Hall–Kier alpha value is -2.19. The van der Waals surface area contributed by atoms with E-state index in [1.807, 2.05) is 22.6 Å². The minimum Gasteiger partial charge on any atom is -0.451 e. The van der Waals surface area contributed by atoms with Crippen LogP contribution in [0.5, 0.6) is 0 Å². The second-order valence-electron chi connectivity index (χ2n) is 4.83. The number of hydrogen-bond donors (Lipinski definition) is 1. The average Bonchev–Trinajstić information content (AvgIpc) is 3.13. The lowest BCUT2D eigenvalue weighted by molar-refractivity contribution is -0.384. The first-order valence-corrected chi connectivity index (χ1v) is 10.1. The molecule has 134 valence electrons. The van der Waals surface area contributed by atoms with Gasteiger partial charge >= 0.3 is 0 Å². The molecule has 0 atom stereocenters. The number of benzene rings is 1. The number of carbonyl (C=O) groups is 1. The second-order valence-corrected chi connectivity index (χ2v) is 8.53. The number of non-ortho nitro benzene ring substituents is 1. The molecule has 2 heterocycles. The maximum Gasteiger partial charge on any atom is 0.284 e. The van der Waals surface area contributed by atoms with Gasteiger partial charge in [-0.2, -0.15) is 8.42 Å². The molecule has 1 saturated heterocycles. The predicted molar refractivity (Wildman–Crippen MR) is 103 cm³/mol. The highest BCUT2D eigenvalue weighted by Gasteiger charge is 2.27. The van der Waals surface area contributed by atoms with Crippen LogP contribution < -0.4 is 5.32 Å². The third kappa shape index (κ3) is 4.13. The Balaban J connectivity index is 1.84. The molecule has 1 N–H and O–H groups in total. The Bertz CT molecular complexity index is 1060. The van der Waals surface area contributed by atoms with Crippen LogP contribution in [0.2, 0.25) is 0 Å². The highest BCUT2D eigenvalue weighted by atomic mass is 127. The molecule has 1 aromatic heterocycles. The largest absolute Gasteiger partial charge is 0.451 e. The molecule has 0 unspecified atom stereocenters. The van der Waals surface area contributed by atoms with Crippen molar-refractivity contribution in [2.45, 2.75) is 4.90 Å². The molecule has 26 heavy (non-hydrogen) atoms. The fourth-order valence-electron chi connectivity index (χ4n) is 1.91. The molecule has 0 saturated carbocycles. The molecular weight excluding hydrogens is 497 g/mol. The van der Waals surface area contributed by atoms with Gasteiger partial charge in [0.05, 0.1) is 14.7 Å². The number of furan rings is 1. The number of nitrogens with one attached hydrogen (secondary N) is 1. The van der Waals surface area contributed by atoms with Crippen molar-refractivity contribution in [3.63, 3.8) is 0 Å². The van der Waals surface area contributed by atoms with Crippen molar-refractivity contribution in [1.29, 1.82) is 0 Å². The standard InChI is InChI=1S/C14H8IN3O6S2/c15-12-6-3-9(24-12)7-11-13(19)16-14(25-11)17-26(22,23)10-4-1-8(2-5-10)18(20)21/h1-7H,(H,16,17,19). The van der Waals surface area contributed by atoms with Crippen LogP contribution in [0.4, 0.5) is 5.69 Å². The zero-order valence-electron chi connectivity index (χ0n) is 12.6. The summed E-state index contributed by atoms with van der Waals surface area (Å²) in [6.07, 6.45) is 1.48. The molecule has 0 aliphatic carbocycles. The molecule has 12 heteroatoms. The summed E-state index contributed by atoms with van der Waals surface area (Å²) < 4.78 is 34.1. The number of amidine groups is 1. The normalized spacial score (nSPS) is 17.7. The molecule has 1 fully saturated rings. The van der Waals surface area contributed by atoms with Gasteiger partial charge in [0.25, 0.3) is 21.6 Å². The summed E-state index contributed by atoms with van der Waals surface area (Å²) in [4.78, 5) is 21.9. The van der Waals surface area contributed by atoms with Gasteiger partial charge in [0.2, 0.25) is 0 Å². The van der Waals surface area contributed by atoms with E-state index in [-0.39, 0.29) is 20.7 Å². The quantitative estimate of drug-likeness (QED) is 0.293. The van der Waals surface area contributed by atoms with Crippen LogP contribution in [-0.2, 0) is 14.8 Å². The van der Waals surface area contributed by atoms with Crippen LogP contribution in [0, 0.1) is 13.9 Å².